The van der Waals surface area contributed by atoms with E-state index in [0.29, 0.717) is 33.7 Å². The van der Waals surface area contributed by atoms with Gasteiger partial charge in [-0.15, -0.1) is 5.10 Å². The Hall–Kier alpha value is -7.34. The molecule has 0 radical (unpaired) electrons. The molecule has 1 amide bonds. The summed E-state index contributed by atoms with van der Waals surface area (Å²) >= 11 is 8.18. The second-order valence-corrected chi connectivity index (χ2v) is 16.4. The Morgan fingerprint density at radius 1 is 0.710 bits per heavy atom. The summed E-state index contributed by atoms with van der Waals surface area (Å²) in [6, 6.07) is 48.6. The van der Waals surface area contributed by atoms with Crippen molar-refractivity contribution in [3.05, 3.63) is 185 Å². The highest BCUT2D eigenvalue weighted by molar-refractivity contribution is 8.02. The fourth-order valence-corrected chi connectivity index (χ4v) is 9.70. The van der Waals surface area contributed by atoms with E-state index < -0.39 is 0 Å². The van der Waals surface area contributed by atoms with Crippen molar-refractivity contribution < 1.29 is 14.3 Å². The van der Waals surface area contributed by atoms with Crippen LogP contribution >= 0.6 is 23.4 Å². The van der Waals surface area contributed by atoms with Crippen LogP contribution in [-0.2, 0) is 11.3 Å². The van der Waals surface area contributed by atoms with Gasteiger partial charge >= 0.3 is 0 Å². The van der Waals surface area contributed by atoms with Crippen molar-refractivity contribution in [2.75, 3.05) is 19.5 Å². The third-order valence-electron chi connectivity index (χ3n) is 11.4. The number of nitrogens with zero attached hydrogens (tertiary/aromatic N) is 6. The Bertz CT molecular complexity index is 3090. The number of halogens is 1. The van der Waals surface area contributed by atoms with E-state index in [1.165, 1.54) is 0 Å². The molecule has 3 aliphatic heterocycles. The first-order valence-corrected chi connectivity index (χ1v) is 21.3. The van der Waals surface area contributed by atoms with E-state index in [-0.39, 0.29) is 17.9 Å². The molecule has 5 aromatic carbocycles. The van der Waals surface area contributed by atoms with Crippen molar-refractivity contribution in [2.45, 2.75) is 12.0 Å². The fraction of sp³-hybridized carbons (Fsp3) is 0.0800. The van der Waals surface area contributed by atoms with Crippen molar-refractivity contribution in [1.82, 2.24) is 29.2 Å². The van der Waals surface area contributed by atoms with Gasteiger partial charge in [-0.3, -0.25) is 4.79 Å². The molecule has 0 saturated heterocycles. The maximum Gasteiger partial charge on any atom is 0.247 e. The molecular weight excluding hydrogens is 814 g/mol. The van der Waals surface area contributed by atoms with E-state index in [4.69, 9.17) is 36.1 Å². The molecule has 0 saturated carbocycles. The number of hydrogen-bond acceptors (Lipinski definition) is 8. The van der Waals surface area contributed by atoms with Gasteiger partial charge < -0.3 is 24.3 Å². The molecule has 10 nitrogen and oxygen atoms in total. The summed E-state index contributed by atoms with van der Waals surface area (Å²) < 4.78 is 15.1. The predicted octanol–water partition coefficient (Wildman–Crippen LogP) is 11.2. The first-order valence-electron chi connectivity index (χ1n) is 20.0. The molecule has 0 fully saturated rings. The average molecular weight is 850 g/mol. The normalized spacial score (nSPS) is 15.2. The summed E-state index contributed by atoms with van der Waals surface area (Å²) in [4.78, 5) is 26.9. The van der Waals surface area contributed by atoms with Crippen LogP contribution < -0.4 is 14.8 Å². The van der Waals surface area contributed by atoms with E-state index in [2.05, 4.69) is 93.1 Å². The van der Waals surface area contributed by atoms with Crippen LogP contribution in [0.1, 0.15) is 28.1 Å². The second-order valence-electron chi connectivity index (χ2n) is 15.0. The average Bonchev–Trinajstić information content (AvgIpc) is 4.05. The van der Waals surface area contributed by atoms with Gasteiger partial charge in [0.05, 0.1) is 48.1 Å². The zero-order chi connectivity index (χ0) is 41.9. The number of ether oxygens (including phenoxy) is 2. The number of nitrogens with one attached hydrogen (secondary N) is 1. The van der Waals surface area contributed by atoms with Gasteiger partial charge in [-0.25, -0.2) is 14.6 Å². The molecule has 0 bridgehead atoms. The maximum atomic E-state index is 14.0. The monoisotopic (exact) mass is 849 g/mol. The van der Waals surface area contributed by atoms with Gasteiger partial charge in [-0.1, -0.05) is 96.2 Å². The highest BCUT2D eigenvalue weighted by Crippen LogP contribution is 2.55. The Morgan fingerprint density at radius 2 is 1.35 bits per heavy atom. The van der Waals surface area contributed by atoms with Crippen LogP contribution in [0.5, 0.6) is 11.5 Å². The number of methoxy groups -OCH3 is 2. The van der Waals surface area contributed by atoms with Crippen molar-refractivity contribution in [1.29, 1.82) is 0 Å². The van der Waals surface area contributed by atoms with Crippen molar-refractivity contribution >= 4 is 52.1 Å². The van der Waals surface area contributed by atoms with Gasteiger partial charge in [-0.2, -0.15) is 0 Å². The van der Waals surface area contributed by atoms with Crippen LogP contribution in [0.15, 0.2) is 157 Å². The van der Waals surface area contributed by atoms with Crippen LogP contribution in [0.25, 0.3) is 61.9 Å². The number of anilines is 1. The molecule has 1 atom stereocenters. The summed E-state index contributed by atoms with van der Waals surface area (Å²) in [6.45, 7) is -0.0740. The molecule has 6 heterocycles. The zero-order valence-corrected chi connectivity index (χ0v) is 35.1. The first kappa shape index (κ1) is 37.6. The lowest BCUT2D eigenvalue weighted by Crippen LogP contribution is -2.31. The van der Waals surface area contributed by atoms with E-state index in [9.17, 15) is 4.79 Å². The molecule has 8 aromatic rings. The molecule has 1 unspecified atom stereocenters. The van der Waals surface area contributed by atoms with Crippen LogP contribution in [0.3, 0.4) is 0 Å². The second kappa shape index (κ2) is 15.3. The highest BCUT2D eigenvalue weighted by atomic mass is 35.5. The standard InChI is InChI=1S/C50H36ClN7O3S/c1-60-37-21-15-32(16-22-37)40-26-39(31-13-19-36(51)20-14-31)44-47(52-40)53-43(59)28-57-49(44)54-48(55-57)45-41-25-35(30-9-5-3-6-10-30)27-56(41)50-58(42(29-62-50)33-11-7-4-8-12-33)46(45)34-17-23-38(61-2)24-18-34/h3-27,29,50H,28H2,1-2H3,(H,52,53,59). The molecule has 62 heavy (non-hydrogen) atoms. The lowest BCUT2D eigenvalue weighted by atomic mass is 9.96. The van der Waals surface area contributed by atoms with Crippen LogP contribution in [0, 0.1) is 0 Å². The lowest BCUT2D eigenvalue weighted by molar-refractivity contribution is -0.116. The van der Waals surface area contributed by atoms with Crippen LogP contribution in [0.4, 0.5) is 5.82 Å². The number of fused-ring (bicyclic) bond motifs is 6. The first-order chi connectivity index (χ1) is 30.4. The number of thioether (sulfide) groups is 1. The Labute approximate surface area is 366 Å². The summed E-state index contributed by atoms with van der Waals surface area (Å²) in [5.74, 6) is 2.57. The predicted molar refractivity (Wildman–Crippen MR) is 246 cm³/mol. The van der Waals surface area contributed by atoms with Gasteiger partial charge in [0.1, 0.15) is 23.9 Å². The summed E-state index contributed by atoms with van der Waals surface area (Å²) in [6.07, 6.45) is 2.22. The topological polar surface area (TPSA) is 99.3 Å². The third kappa shape index (κ3) is 6.45. The Morgan fingerprint density at radius 3 is 2.03 bits per heavy atom. The number of aromatic nitrogens is 5. The molecule has 0 spiro atoms. The van der Waals surface area contributed by atoms with Crippen LogP contribution in [-0.4, -0.2) is 49.3 Å². The quantitative estimate of drug-likeness (QED) is 0.161. The number of carbonyl (C=O) groups is 1. The van der Waals surface area contributed by atoms with Gasteiger partial charge in [0.15, 0.2) is 17.1 Å². The molecular formula is C50H36ClN7O3S. The molecule has 11 rings (SSSR count). The van der Waals surface area contributed by atoms with E-state index >= 15 is 0 Å². The smallest absolute Gasteiger partial charge is 0.247 e. The summed E-state index contributed by atoms with van der Waals surface area (Å²) in [5.41, 5.74) is 11.7. The zero-order valence-electron chi connectivity index (χ0n) is 33.5. The van der Waals surface area contributed by atoms with E-state index in [1.807, 2.05) is 78.9 Å². The molecule has 12 heteroatoms. The van der Waals surface area contributed by atoms with Gasteiger partial charge in [0.2, 0.25) is 5.91 Å². The molecule has 0 aliphatic carbocycles. The van der Waals surface area contributed by atoms with Gasteiger partial charge in [-0.05, 0) is 106 Å². The number of hydrogen-bond donors (Lipinski definition) is 1. The van der Waals surface area contributed by atoms with Crippen molar-refractivity contribution in [3.8, 4) is 56.4 Å². The Balaban J connectivity index is 1.18. The van der Waals surface area contributed by atoms with Crippen molar-refractivity contribution in [2.24, 2.45) is 0 Å². The highest BCUT2D eigenvalue weighted by Gasteiger charge is 2.42. The molecule has 1 N–H and O–H groups in total. The van der Waals surface area contributed by atoms with Gasteiger partial charge in [0, 0.05) is 22.3 Å². The van der Waals surface area contributed by atoms with Gasteiger partial charge in [0.25, 0.3) is 0 Å². The SMILES string of the molecule is COc1ccc(C2=C(c3nc4n(n3)CC(=O)Nc3nc(-c5ccc(OC)cc5)cc(-c5ccc(Cl)cc5)c3-4)c3cc(-c4ccccc4)cn3C3SC=C(c4ccccc4)N23)cc1. The number of benzene rings is 5. The molecule has 3 aliphatic rings. The number of pyridine rings is 1. The molecule has 3 aromatic heterocycles. The Kier molecular flexibility index (Phi) is 9.28. The minimum atomic E-state index is -0.268. The lowest BCUT2D eigenvalue weighted by Gasteiger charge is -2.38. The number of amides is 1. The maximum absolute atomic E-state index is 14.0. The molecule has 302 valence electrons. The summed E-state index contributed by atoms with van der Waals surface area (Å²) in [5, 5.41) is 11.2. The van der Waals surface area contributed by atoms with E-state index in [0.717, 1.165) is 73.1 Å². The minimum Gasteiger partial charge on any atom is -0.497 e. The fourth-order valence-electron chi connectivity index (χ4n) is 8.42. The third-order valence-corrected chi connectivity index (χ3v) is 12.7. The largest absolute Gasteiger partial charge is 0.497 e. The summed E-state index contributed by atoms with van der Waals surface area (Å²) in [7, 11) is 3.31. The van der Waals surface area contributed by atoms with Crippen molar-refractivity contribution in [3.63, 3.8) is 0 Å². The number of carbonyl (C=O) groups excluding carboxylic acids is 1. The minimum absolute atomic E-state index is 0.0740. The van der Waals surface area contributed by atoms with Crippen LogP contribution in [0.2, 0.25) is 5.02 Å². The van der Waals surface area contributed by atoms with E-state index in [1.54, 1.807) is 30.7 Å². The number of rotatable bonds is 8.